The third-order valence-corrected chi connectivity index (χ3v) is 5.19. The van der Waals surface area contributed by atoms with Crippen molar-refractivity contribution in [1.29, 1.82) is 0 Å². The zero-order chi connectivity index (χ0) is 17.0. The summed E-state index contributed by atoms with van der Waals surface area (Å²) >= 11 is 0. The predicted octanol–water partition coefficient (Wildman–Crippen LogP) is 4.08. The lowest BCUT2D eigenvalue weighted by Crippen LogP contribution is -2.34. The molecule has 4 nitrogen and oxygen atoms in total. The topological polar surface area (TPSA) is 42.7 Å². The minimum atomic E-state index is -0.329. The van der Waals surface area contributed by atoms with Gasteiger partial charge in [0.25, 0.3) is 0 Å². The Morgan fingerprint density at radius 1 is 1.12 bits per heavy atom. The summed E-state index contributed by atoms with van der Waals surface area (Å²) in [7, 11) is 0. The molecule has 0 atom stereocenters. The third-order valence-electron chi connectivity index (χ3n) is 5.19. The Morgan fingerprint density at radius 3 is 2.68 bits per heavy atom. The van der Waals surface area contributed by atoms with E-state index in [2.05, 4.69) is 11.0 Å². The molecule has 1 fully saturated rings. The van der Waals surface area contributed by atoms with Gasteiger partial charge in [-0.15, -0.1) is 0 Å². The molecule has 1 aromatic heterocycles. The van der Waals surface area contributed by atoms with Crippen LogP contribution in [-0.4, -0.2) is 17.7 Å². The zero-order valence-corrected chi connectivity index (χ0v) is 14.1. The van der Waals surface area contributed by atoms with Gasteiger partial charge in [-0.1, -0.05) is 30.3 Å². The Labute approximate surface area is 145 Å². The van der Waals surface area contributed by atoms with Crippen LogP contribution in [0.15, 0.2) is 51.7 Å². The molecule has 0 unspecified atom stereocenters. The second-order valence-corrected chi connectivity index (χ2v) is 6.96. The van der Waals surface area contributed by atoms with Crippen molar-refractivity contribution < 1.29 is 9.15 Å². The summed E-state index contributed by atoms with van der Waals surface area (Å²) in [6.07, 6.45) is 2.52. The van der Waals surface area contributed by atoms with Gasteiger partial charge >= 0.3 is 5.63 Å². The van der Waals surface area contributed by atoms with Gasteiger partial charge < -0.3 is 9.15 Å². The minimum Gasteiger partial charge on any atom is -0.477 e. The molecule has 1 aliphatic carbocycles. The number of nitrogens with zero attached hydrogens (tertiary/aromatic N) is 1. The SMILES string of the molecule is Cc1c2c(cc3c(-c4ccccc4)cc(=O)oc13)CN(C1CC1)CO2. The Bertz CT molecular complexity index is 1020. The molecule has 126 valence electrons. The van der Waals surface area contributed by atoms with Crippen molar-refractivity contribution in [2.75, 3.05) is 6.73 Å². The molecule has 0 N–H and O–H groups in total. The van der Waals surface area contributed by atoms with E-state index in [1.54, 1.807) is 6.07 Å². The van der Waals surface area contributed by atoms with Crippen LogP contribution in [0.5, 0.6) is 5.75 Å². The quantitative estimate of drug-likeness (QED) is 0.663. The first kappa shape index (κ1) is 14.7. The summed E-state index contributed by atoms with van der Waals surface area (Å²) in [6.45, 7) is 3.49. The molecule has 2 aliphatic rings. The van der Waals surface area contributed by atoms with Crippen molar-refractivity contribution in [3.63, 3.8) is 0 Å². The van der Waals surface area contributed by atoms with Crippen molar-refractivity contribution in [3.05, 3.63) is 64.0 Å². The van der Waals surface area contributed by atoms with Gasteiger partial charge in [0.1, 0.15) is 18.1 Å². The summed E-state index contributed by atoms with van der Waals surface area (Å²) in [5.41, 5.74) is 4.33. The van der Waals surface area contributed by atoms with Gasteiger partial charge in [0, 0.05) is 35.2 Å². The highest BCUT2D eigenvalue weighted by Crippen LogP contribution is 2.40. The van der Waals surface area contributed by atoms with Gasteiger partial charge in [-0.2, -0.15) is 0 Å². The average Bonchev–Trinajstić information content (AvgIpc) is 3.48. The van der Waals surface area contributed by atoms with E-state index in [0.717, 1.165) is 34.4 Å². The Morgan fingerprint density at radius 2 is 1.92 bits per heavy atom. The lowest BCUT2D eigenvalue weighted by atomic mass is 9.97. The standard InChI is InChI=1S/C21H19NO3/c1-13-20-15(11-22(12-24-20)16-7-8-16)9-18-17(10-19(23)25-21(13)18)14-5-3-2-4-6-14/h2-6,9-10,16H,7-8,11-12H2,1H3. The normalized spacial score (nSPS) is 17.3. The zero-order valence-electron chi connectivity index (χ0n) is 14.1. The van der Waals surface area contributed by atoms with E-state index < -0.39 is 0 Å². The number of aryl methyl sites for hydroxylation is 1. The van der Waals surface area contributed by atoms with Gasteiger partial charge in [-0.3, -0.25) is 4.90 Å². The molecule has 3 aromatic rings. The average molecular weight is 333 g/mol. The van der Waals surface area contributed by atoms with Crippen molar-refractivity contribution in [1.82, 2.24) is 4.90 Å². The van der Waals surface area contributed by atoms with Gasteiger partial charge in [-0.05, 0) is 37.0 Å². The fourth-order valence-electron chi connectivity index (χ4n) is 3.77. The highest BCUT2D eigenvalue weighted by Gasteiger charge is 2.33. The molecule has 0 spiro atoms. The Balaban J connectivity index is 1.75. The number of hydrogen-bond acceptors (Lipinski definition) is 4. The van der Waals surface area contributed by atoms with Crippen molar-refractivity contribution in [3.8, 4) is 16.9 Å². The fourth-order valence-corrected chi connectivity index (χ4v) is 3.77. The maximum absolute atomic E-state index is 12.1. The first-order valence-corrected chi connectivity index (χ1v) is 8.73. The molecule has 1 saturated carbocycles. The highest BCUT2D eigenvalue weighted by molar-refractivity contribution is 5.96. The fraction of sp³-hybridized carbons (Fsp3) is 0.286. The summed E-state index contributed by atoms with van der Waals surface area (Å²) in [5.74, 6) is 0.873. The van der Waals surface area contributed by atoms with Crippen LogP contribution in [0.2, 0.25) is 0 Å². The van der Waals surface area contributed by atoms with Crippen LogP contribution in [-0.2, 0) is 6.54 Å². The van der Waals surface area contributed by atoms with Crippen LogP contribution in [0, 0.1) is 6.92 Å². The second-order valence-electron chi connectivity index (χ2n) is 6.96. The molecule has 1 aliphatic heterocycles. The first-order valence-electron chi connectivity index (χ1n) is 8.73. The summed E-state index contributed by atoms with van der Waals surface area (Å²) < 4.78 is 11.6. The van der Waals surface area contributed by atoms with Crippen LogP contribution in [0.25, 0.3) is 22.1 Å². The molecule has 5 rings (SSSR count). The lowest BCUT2D eigenvalue weighted by molar-refractivity contribution is 0.0877. The van der Waals surface area contributed by atoms with E-state index >= 15 is 0 Å². The molecule has 2 heterocycles. The largest absolute Gasteiger partial charge is 0.477 e. The van der Waals surface area contributed by atoms with Crippen molar-refractivity contribution >= 4 is 11.0 Å². The van der Waals surface area contributed by atoms with E-state index in [4.69, 9.17) is 9.15 Å². The van der Waals surface area contributed by atoms with Gasteiger partial charge in [0.15, 0.2) is 0 Å². The predicted molar refractivity (Wildman–Crippen MR) is 96.7 cm³/mol. The van der Waals surface area contributed by atoms with Crippen LogP contribution in [0.1, 0.15) is 24.0 Å². The summed E-state index contributed by atoms with van der Waals surface area (Å²) in [4.78, 5) is 14.5. The van der Waals surface area contributed by atoms with E-state index in [-0.39, 0.29) is 5.63 Å². The molecule has 0 amide bonds. The van der Waals surface area contributed by atoms with Crippen molar-refractivity contribution in [2.24, 2.45) is 0 Å². The Hall–Kier alpha value is -2.59. The minimum absolute atomic E-state index is 0.329. The maximum Gasteiger partial charge on any atom is 0.336 e. The summed E-state index contributed by atoms with van der Waals surface area (Å²) in [5, 5.41) is 0.975. The van der Waals surface area contributed by atoms with E-state index in [1.807, 2.05) is 37.3 Å². The molecule has 4 heteroatoms. The number of benzene rings is 2. The number of hydrogen-bond donors (Lipinski definition) is 0. The van der Waals surface area contributed by atoms with E-state index in [1.165, 1.54) is 18.4 Å². The monoisotopic (exact) mass is 333 g/mol. The van der Waals surface area contributed by atoms with E-state index in [9.17, 15) is 4.79 Å². The number of ether oxygens (including phenoxy) is 1. The second kappa shape index (κ2) is 5.46. The molecule has 2 aromatic carbocycles. The third kappa shape index (κ3) is 2.45. The van der Waals surface area contributed by atoms with Crippen LogP contribution < -0.4 is 10.4 Å². The smallest absolute Gasteiger partial charge is 0.336 e. The van der Waals surface area contributed by atoms with Crippen LogP contribution in [0.3, 0.4) is 0 Å². The molecular weight excluding hydrogens is 314 g/mol. The highest BCUT2D eigenvalue weighted by atomic mass is 16.5. The maximum atomic E-state index is 12.1. The van der Waals surface area contributed by atoms with Gasteiger partial charge in [-0.25, -0.2) is 4.79 Å². The lowest BCUT2D eigenvalue weighted by Gasteiger charge is -2.30. The molecule has 0 saturated heterocycles. The van der Waals surface area contributed by atoms with Gasteiger partial charge in [0.05, 0.1) is 0 Å². The number of rotatable bonds is 2. The molecule has 0 radical (unpaired) electrons. The molecular formula is C21H19NO3. The van der Waals surface area contributed by atoms with Gasteiger partial charge in [0.2, 0.25) is 0 Å². The first-order chi connectivity index (χ1) is 12.2. The number of fused-ring (bicyclic) bond motifs is 2. The van der Waals surface area contributed by atoms with Crippen molar-refractivity contribution in [2.45, 2.75) is 32.4 Å². The molecule has 0 bridgehead atoms. The van der Waals surface area contributed by atoms with Crippen LogP contribution in [0.4, 0.5) is 0 Å². The Kier molecular flexibility index (Phi) is 3.22. The van der Waals surface area contributed by atoms with E-state index in [0.29, 0.717) is 18.4 Å². The van der Waals surface area contributed by atoms with Crippen LogP contribution >= 0.6 is 0 Å². The molecule has 25 heavy (non-hydrogen) atoms. The summed E-state index contributed by atoms with van der Waals surface area (Å²) in [6, 6.07) is 14.4.